The van der Waals surface area contributed by atoms with Gasteiger partial charge in [0.2, 0.25) is 0 Å². The minimum Gasteiger partial charge on any atom is -0.393 e. The highest BCUT2D eigenvalue weighted by Crippen LogP contribution is 2.24. The molecule has 17 heavy (non-hydrogen) atoms. The Bertz CT molecular complexity index is 355. The summed E-state index contributed by atoms with van der Waals surface area (Å²) >= 11 is 9.21. The Hall–Kier alpha value is -0.0600. The number of hydrogen-bond donors (Lipinski definition) is 1. The van der Waals surface area contributed by atoms with Gasteiger partial charge < -0.3 is 5.11 Å². The number of halogens is 2. The highest BCUT2D eigenvalue weighted by molar-refractivity contribution is 9.10. The van der Waals surface area contributed by atoms with Gasteiger partial charge in [0.05, 0.1) is 22.0 Å². The third-order valence-electron chi connectivity index (χ3n) is 2.79. The van der Waals surface area contributed by atoms with Crippen LogP contribution >= 0.6 is 27.5 Å². The van der Waals surface area contributed by atoms with Crippen LogP contribution in [0.2, 0.25) is 0 Å². The van der Waals surface area contributed by atoms with Crippen molar-refractivity contribution in [3.63, 3.8) is 0 Å². The lowest BCUT2D eigenvalue weighted by Gasteiger charge is -2.11. The summed E-state index contributed by atoms with van der Waals surface area (Å²) in [7, 11) is 0. The molecule has 0 bridgehead atoms. The van der Waals surface area contributed by atoms with Crippen LogP contribution in [0.25, 0.3) is 0 Å². The summed E-state index contributed by atoms with van der Waals surface area (Å²) in [6, 6.07) is 0. The summed E-state index contributed by atoms with van der Waals surface area (Å²) in [5, 5.41) is 14.5. The molecule has 5 heteroatoms. The van der Waals surface area contributed by atoms with Gasteiger partial charge in [0, 0.05) is 18.8 Å². The van der Waals surface area contributed by atoms with Crippen molar-refractivity contribution in [2.24, 2.45) is 0 Å². The molecule has 0 spiro atoms. The summed E-state index contributed by atoms with van der Waals surface area (Å²) < 4.78 is 3.01. The third kappa shape index (κ3) is 3.97. The van der Waals surface area contributed by atoms with Crippen LogP contribution in [0.4, 0.5) is 0 Å². The molecule has 0 radical (unpaired) electrons. The van der Waals surface area contributed by atoms with Gasteiger partial charge in [-0.3, -0.25) is 4.68 Å². The van der Waals surface area contributed by atoms with Crippen LogP contribution in [0.1, 0.15) is 38.1 Å². The van der Waals surface area contributed by atoms with E-state index in [2.05, 4.69) is 34.9 Å². The van der Waals surface area contributed by atoms with Crippen LogP contribution < -0.4 is 0 Å². The molecule has 3 nitrogen and oxygen atoms in total. The number of aromatic nitrogens is 2. The summed E-state index contributed by atoms with van der Waals surface area (Å²) in [5.74, 6) is 0.603. The fourth-order valence-corrected chi connectivity index (χ4v) is 2.73. The maximum absolute atomic E-state index is 9.94. The molecule has 0 fully saturated rings. The molecule has 1 atom stereocenters. The average molecular weight is 324 g/mol. The second-order valence-corrected chi connectivity index (χ2v) is 5.24. The topological polar surface area (TPSA) is 38.0 Å². The van der Waals surface area contributed by atoms with Gasteiger partial charge in [-0.05, 0) is 42.1 Å². The van der Waals surface area contributed by atoms with Gasteiger partial charge in [-0.15, -0.1) is 11.6 Å². The van der Waals surface area contributed by atoms with Crippen LogP contribution in [-0.4, -0.2) is 26.9 Å². The van der Waals surface area contributed by atoms with Crippen molar-refractivity contribution in [3.8, 4) is 0 Å². The molecule has 0 saturated carbocycles. The Balaban J connectivity index is 2.78. The molecule has 1 N–H and O–H groups in total. The number of aliphatic hydroxyl groups excluding tert-OH is 1. The molecule has 0 aliphatic carbocycles. The molecule has 98 valence electrons. The van der Waals surface area contributed by atoms with Crippen molar-refractivity contribution in [1.29, 1.82) is 0 Å². The van der Waals surface area contributed by atoms with Crippen LogP contribution in [0.5, 0.6) is 0 Å². The number of hydrogen-bond acceptors (Lipinski definition) is 2. The third-order valence-corrected chi connectivity index (χ3v) is 3.98. The molecule has 1 aromatic rings. The predicted molar refractivity (Wildman–Crippen MR) is 74.6 cm³/mol. The first-order valence-corrected chi connectivity index (χ1v) is 7.44. The zero-order chi connectivity index (χ0) is 12.8. The van der Waals surface area contributed by atoms with E-state index < -0.39 is 0 Å². The minimum absolute atomic E-state index is 0.336. The van der Waals surface area contributed by atoms with Crippen molar-refractivity contribution in [3.05, 3.63) is 15.9 Å². The molecule has 1 heterocycles. The highest BCUT2D eigenvalue weighted by atomic mass is 79.9. The first-order valence-electron chi connectivity index (χ1n) is 6.12. The van der Waals surface area contributed by atoms with Crippen LogP contribution in [0.15, 0.2) is 4.47 Å². The van der Waals surface area contributed by atoms with Gasteiger partial charge in [-0.1, -0.05) is 6.92 Å². The largest absolute Gasteiger partial charge is 0.393 e. The summed E-state index contributed by atoms with van der Waals surface area (Å²) in [5.41, 5.74) is 2.15. The lowest BCUT2D eigenvalue weighted by atomic mass is 10.1. The van der Waals surface area contributed by atoms with Gasteiger partial charge >= 0.3 is 0 Å². The SMILES string of the molecule is CCc1nn(CC)c(CC(O)CCCCl)c1Br. The molecular weight excluding hydrogens is 304 g/mol. The Kier molecular flexibility index (Phi) is 6.52. The van der Waals surface area contributed by atoms with Gasteiger partial charge in [0.25, 0.3) is 0 Å². The number of rotatable bonds is 7. The summed E-state index contributed by atoms with van der Waals surface area (Å²) in [6.45, 7) is 4.98. The summed E-state index contributed by atoms with van der Waals surface area (Å²) in [6.07, 6.45) is 2.79. The van der Waals surface area contributed by atoms with E-state index in [1.54, 1.807) is 0 Å². The van der Waals surface area contributed by atoms with Gasteiger partial charge in [0.1, 0.15) is 0 Å². The monoisotopic (exact) mass is 322 g/mol. The summed E-state index contributed by atoms with van der Waals surface area (Å²) in [4.78, 5) is 0. The lowest BCUT2D eigenvalue weighted by molar-refractivity contribution is 0.161. The average Bonchev–Trinajstić information content (AvgIpc) is 2.63. The molecule has 1 rings (SSSR count). The van der Waals surface area contributed by atoms with E-state index in [4.69, 9.17) is 11.6 Å². The molecule has 0 aromatic carbocycles. The van der Waals surface area contributed by atoms with E-state index in [1.807, 2.05) is 4.68 Å². The Morgan fingerprint density at radius 3 is 2.71 bits per heavy atom. The molecule has 1 unspecified atom stereocenters. The number of aliphatic hydroxyl groups is 1. The molecular formula is C12H20BrClN2O. The second-order valence-electron chi connectivity index (χ2n) is 4.07. The van der Waals surface area contributed by atoms with E-state index in [-0.39, 0.29) is 6.10 Å². The normalized spacial score (nSPS) is 13.0. The van der Waals surface area contributed by atoms with Crippen molar-refractivity contribution >= 4 is 27.5 Å². The van der Waals surface area contributed by atoms with E-state index in [0.717, 1.165) is 41.7 Å². The second kappa shape index (κ2) is 7.39. The molecule has 1 aromatic heterocycles. The van der Waals surface area contributed by atoms with E-state index in [0.29, 0.717) is 12.3 Å². The first-order chi connectivity index (χ1) is 8.13. The van der Waals surface area contributed by atoms with Crippen molar-refractivity contribution in [2.75, 3.05) is 5.88 Å². The predicted octanol–water partition coefficient (Wildman–Crippen LogP) is 3.15. The smallest absolute Gasteiger partial charge is 0.0766 e. The van der Waals surface area contributed by atoms with Crippen molar-refractivity contribution in [1.82, 2.24) is 9.78 Å². The van der Waals surface area contributed by atoms with Gasteiger partial charge in [0.15, 0.2) is 0 Å². The number of nitrogens with zero attached hydrogens (tertiary/aromatic N) is 2. The number of aryl methyl sites for hydroxylation is 2. The molecule has 0 aliphatic rings. The van der Waals surface area contributed by atoms with Gasteiger partial charge in [-0.2, -0.15) is 5.10 Å². The zero-order valence-electron chi connectivity index (χ0n) is 10.4. The van der Waals surface area contributed by atoms with Crippen molar-refractivity contribution < 1.29 is 5.11 Å². The molecule has 0 aliphatic heterocycles. The fourth-order valence-electron chi connectivity index (χ4n) is 1.85. The van der Waals surface area contributed by atoms with E-state index in [1.165, 1.54) is 0 Å². The minimum atomic E-state index is -0.336. The lowest BCUT2D eigenvalue weighted by Crippen LogP contribution is -2.14. The Morgan fingerprint density at radius 2 is 2.18 bits per heavy atom. The van der Waals surface area contributed by atoms with E-state index >= 15 is 0 Å². The number of alkyl halides is 1. The van der Waals surface area contributed by atoms with Crippen molar-refractivity contribution in [2.45, 2.75) is 52.2 Å². The zero-order valence-corrected chi connectivity index (χ0v) is 12.8. The van der Waals surface area contributed by atoms with Crippen LogP contribution in [0.3, 0.4) is 0 Å². The Morgan fingerprint density at radius 1 is 1.47 bits per heavy atom. The van der Waals surface area contributed by atoms with Gasteiger partial charge in [-0.25, -0.2) is 0 Å². The maximum Gasteiger partial charge on any atom is 0.0766 e. The highest BCUT2D eigenvalue weighted by Gasteiger charge is 2.16. The Labute approximate surface area is 116 Å². The van der Waals surface area contributed by atoms with Crippen LogP contribution in [-0.2, 0) is 19.4 Å². The van der Waals surface area contributed by atoms with Crippen LogP contribution in [0, 0.1) is 0 Å². The molecule has 0 amide bonds. The first kappa shape index (κ1) is 15.0. The quantitative estimate of drug-likeness (QED) is 0.783. The maximum atomic E-state index is 9.94. The molecule has 0 saturated heterocycles. The standard InChI is InChI=1S/C12H20BrClN2O/c1-3-10-12(13)11(16(4-2)15-10)8-9(17)6-5-7-14/h9,17H,3-8H2,1-2H3. The van der Waals surface area contributed by atoms with E-state index in [9.17, 15) is 5.11 Å². The fraction of sp³-hybridized carbons (Fsp3) is 0.750.